The van der Waals surface area contributed by atoms with Crippen molar-refractivity contribution in [2.24, 2.45) is 11.5 Å². The van der Waals surface area contributed by atoms with E-state index in [0.717, 1.165) is 24.2 Å². The SMILES string of the molecule is CC(C)(C)OC(=O)NCc1ccc(O[C@H]2C[C@H](N)C[C@@H]2N)cc1. The summed E-state index contributed by atoms with van der Waals surface area (Å²) >= 11 is 0. The number of hydrogen-bond donors (Lipinski definition) is 3. The average Bonchev–Trinajstić information content (AvgIpc) is 2.74. The van der Waals surface area contributed by atoms with Crippen LogP contribution in [0.4, 0.5) is 4.79 Å². The lowest BCUT2D eigenvalue weighted by Gasteiger charge is -2.20. The molecule has 1 saturated carbocycles. The van der Waals surface area contributed by atoms with E-state index in [0.29, 0.717) is 6.54 Å². The average molecular weight is 321 g/mol. The number of carbonyl (C=O) groups is 1. The van der Waals surface area contributed by atoms with Gasteiger partial charge >= 0.3 is 6.09 Å². The molecule has 3 atom stereocenters. The Morgan fingerprint density at radius 3 is 2.39 bits per heavy atom. The summed E-state index contributed by atoms with van der Waals surface area (Å²) in [5, 5.41) is 2.72. The fourth-order valence-electron chi connectivity index (χ4n) is 2.56. The van der Waals surface area contributed by atoms with Gasteiger partial charge in [-0.1, -0.05) is 12.1 Å². The van der Waals surface area contributed by atoms with Gasteiger partial charge in [-0.2, -0.15) is 0 Å². The van der Waals surface area contributed by atoms with Gasteiger partial charge in [0.15, 0.2) is 0 Å². The second kappa shape index (κ2) is 7.19. The summed E-state index contributed by atoms with van der Waals surface area (Å²) in [6, 6.07) is 7.68. The monoisotopic (exact) mass is 321 g/mol. The molecule has 6 heteroatoms. The molecule has 0 bridgehead atoms. The number of alkyl carbamates (subject to hydrolysis) is 1. The highest BCUT2D eigenvalue weighted by Gasteiger charge is 2.31. The molecule has 1 aliphatic carbocycles. The highest BCUT2D eigenvalue weighted by Crippen LogP contribution is 2.23. The molecule has 1 aromatic carbocycles. The van der Waals surface area contributed by atoms with Crippen molar-refractivity contribution in [1.82, 2.24) is 5.32 Å². The first-order valence-electron chi connectivity index (χ1n) is 7.96. The van der Waals surface area contributed by atoms with Gasteiger partial charge in [0.2, 0.25) is 0 Å². The maximum Gasteiger partial charge on any atom is 0.407 e. The summed E-state index contributed by atoms with van der Waals surface area (Å²) in [5.41, 5.74) is 12.4. The maximum atomic E-state index is 11.6. The number of nitrogens with two attached hydrogens (primary N) is 2. The number of ether oxygens (including phenoxy) is 2. The van der Waals surface area contributed by atoms with E-state index in [1.54, 1.807) is 0 Å². The number of hydrogen-bond acceptors (Lipinski definition) is 5. The molecule has 2 rings (SSSR count). The fourth-order valence-corrected chi connectivity index (χ4v) is 2.56. The molecule has 128 valence electrons. The molecule has 23 heavy (non-hydrogen) atoms. The minimum absolute atomic E-state index is 0.0153. The summed E-state index contributed by atoms with van der Waals surface area (Å²) in [6.07, 6.45) is 1.12. The predicted octanol–water partition coefficient (Wildman–Crippen LogP) is 1.91. The first-order chi connectivity index (χ1) is 10.7. The standard InChI is InChI=1S/C17H27N3O3/c1-17(2,3)23-16(21)20-10-11-4-6-13(7-5-11)22-15-9-12(18)8-14(15)19/h4-7,12,14-15H,8-10,18-19H2,1-3H3,(H,20,21)/t12-,14+,15+/m1/s1. The molecule has 0 spiro atoms. The highest BCUT2D eigenvalue weighted by molar-refractivity contribution is 5.67. The van der Waals surface area contributed by atoms with Crippen molar-refractivity contribution in [3.8, 4) is 5.75 Å². The van der Waals surface area contributed by atoms with Gasteiger partial charge in [-0.25, -0.2) is 4.79 Å². The van der Waals surface area contributed by atoms with Crippen LogP contribution >= 0.6 is 0 Å². The molecule has 1 fully saturated rings. The van der Waals surface area contributed by atoms with E-state index in [1.807, 2.05) is 45.0 Å². The zero-order chi connectivity index (χ0) is 17.0. The lowest BCUT2D eigenvalue weighted by molar-refractivity contribution is 0.0523. The Labute approximate surface area is 137 Å². The molecule has 0 saturated heterocycles. The number of benzene rings is 1. The lowest BCUT2D eigenvalue weighted by Crippen LogP contribution is -2.33. The Kier molecular flexibility index (Phi) is 5.49. The second-order valence-corrected chi connectivity index (χ2v) is 7.05. The van der Waals surface area contributed by atoms with Crippen LogP contribution in [0.2, 0.25) is 0 Å². The molecule has 0 aliphatic heterocycles. The van der Waals surface area contributed by atoms with Gasteiger partial charge < -0.3 is 26.3 Å². The first-order valence-corrected chi connectivity index (χ1v) is 7.96. The third-order valence-corrected chi connectivity index (χ3v) is 3.63. The Bertz CT molecular complexity index is 525. The van der Waals surface area contributed by atoms with Gasteiger partial charge in [0.25, 0.3) is 0 Å². The van der Waals surface area contributed by atoms with Crippen molar-refractivity contribution in [2.45, 2.75) is 63.9 Å². The predicted molar refractivity (Wildman–Crippen MR) is 89.1 cm³/mol. The molecule has 6 nitrogen and oxygen atoms in total. The third-order valence-electron chi connectivity index (χ3n) is 3.63. The van der Waals surface area contributed by atoms with Crippen molar-refractivity contribution in [2.75, 3.05) is 0 Å². The smallest absolute Gasteiger partial charge is 0.407 e. The van der Waals surface area contributed by atoms with Crippen LogP contribution in [0, 0.1) is 0 Å². The zero-order valence-electron chi connectivity index (χ0n) is 14.0. The second-order valence-electron chi connectivity index (χ2n) is 7.05. The van der Waals surface area contributed by atoms with Crippen molar-refractivity contribution in [3.05, 3.63) is 29.8 Å². The maximum absolute atomic E-state index is 11.6. The fraction of sp³-hybridized carbons (Fsp3) is 0.588. The van der Waals surface area contributed by atoms with Crippen LogP contribution in [0.5, 0.6) is 5.75 Å². The molecule has 5 N–H and O–H groups in total. The Morgan fingerprint density at radius 2 is 1.87 bits per heavy atom. The summed E-state index contributed by atoms with van der Waals surface area (Å²) < 4.78 is 11.1. The Hall–Kier alpha value is -1.79. The largest absolute Gasteiger partial charge is 0.489 e. The van der Waals surface area contributed by atoms with Gasteiger partial charge in [0.05, 0.1) is 0 Å². The molecule has 0 aromatic heterocycles. The van der Waals surface area contributed by atoms with E-state index >= 15 is 0 Å². The number of amides is 1. The molecule has 0 radical (unpaired) electrons. The molecular weight excluding hydrogens is 294 g/mol. The molecule has 0 heterocycles. The first kappa shape index (κ1) is 17.6. The van der Waals surface area contributed by atoms with Gasteiger partial charge in [0.1, 0.15) is 17.5 Å². The number of nitrogens with one attached hydrogen (secondary N) is 1. The summed E-state index contributed by atoms with van der Waals surface area (Å²) in [6.45, 7) is 5.90. The van der Waals surface area contributed by atoms with Gasteiger partial charge in [-0.15, -0.1) is 0 Å². The molecule has 1 aromatic rings. The van der Waals surface area contributed by atoms with Crippen molar-refractivity contribution in [3.63, 3.8) is 0 Å². The van der Waals surface area contributed by atoms with Crippen LogP contribution in [0.3, 0.4) is 0 Å². The van der Waals surface area contributed by atoms with Crippen LogP contribution in [0.25, 0.3) is 0 Å². The van der Waals surface area contributed by atoms with Gasteiger partial charge in [-0.3, -0.25) is 0 Å². The van der Waals surface area contributed by atoms with Crippen molar-refractivity contribution in [1.29, 1.82) is 0 Å². The van der Waals surface area contributed by atoms with Crippen LogP contribution in [0.15, 0.2) is 24.3 Å². The summed E-state index contributed by atoms with van der Waals surface area (Å²) in [7, 11) is 0. The normalized spacial score (nSPS) is 24.3. The van der Waals surface area contributed by atoms with E-state index in [4.69, 9.17) is 20.9 Å². The minimum Gasteiger partial charge on any atom is -0.489 e. The quantitative estimate of drug-likeness (QED) is 0.786. The van der Waals surface area contributed by atoms with Crippen LogP contribution in [-0.4, -0.2) is 29.9 Å². The van der Waals surface area contributed by atoms with E-state index in [9.17, 15) is 4.79 Å². The zero-order valence-corrected chi connectivity index (χ0v) is 14.0. The van der Waals surface area contributed by atoms with Crippen molar-refractivity contribution >= 4 is 6.09 Å². The Balaban J connectivity index is 1.82. The van der Waals surface area contributed by atoms with Crippen LogP contribution in [-0.2, 0) is 11.3 Å². The van der Waals surface area contributed by atoms with E-state index in [2.05, 4.69) is 5.32 Å². The summed E-state index contributed by atoms with van der Waals surface area (Å²) in [5.74, 6) is 0.764. The van der Waals surface area contributed by atoms with Gasteiger partial charge in [-0.05, 0) is 44.9 Å². The van der Waals surface area contributed by atoms with Crippen LogP contribution in [0.1, 0.15) is 39.2 Å². The molecular formula is C17H27N3O3. The third kappa shape index (κ3) is 5.73. The van der Waals surface area contributed by atoms with E-state index in [1.165, 1.54) is 0 Å². The van der Waals surface area contributed by atoms with Crippen LogP contribution < -0.4 is 21.5 Å². The Morgan fingerprint density at radius 1 is 1.22 bits per heavy atom. The molecule has 1 amide bonds. The topological polar surface area (TPSA) is 99.6 Å². The van der Waals surface area contributed by atoms with E-state index < -0.39 is 11.7 Å². The molecule has 1 aliphatic rings. The van der Waals surface area contributed by atoms with E-state index in [-0.39, 0.29) is 18.2 Å². The molecule has 0 unspecified atom stereocenters. The number of rotatable bonds is 4. The van der Waals surface area contributed by atoms with Crippen molar-refractivity contribution < 1.29 is 14.3 Å². The lowest BCUT2D eigenvalue weighted by atomic mass is 10.2. The number of carbonyl (C=O) groups excluding carboxylic acids is 1. The highest BCUT2D eigenvalue weighted by atomic mass is 16.6. The minimum atomic E-state index is -0.497. The summed E-state index contributed by atoms with van der Waals surface area (Å²) in [4.78, 5) is 11.6. The van der Waals surface area contributed by atoms with Gasteiger partial charge in [0, 0.05) is 25.0 Å².